The highest BCUT2D eigenvalue weighted by Gasteiger charge is 2.12. The molecule has 0 saturated carbocycles. The highest BCUT2D eigenvalue weighted by Crippen LogP contribution is 2.24. The average Bonchev–Trinajstić information content (AvgIpc) is 2.50. The number of benzene rings is 2. The van der Waals surface area contributed by atoms with Crippen molar-refractivity contribution in [1.29, 1.82) is 0 Å². The Bertz CT molecular complexity index is 740. The Morgan fingerprint density at radius 2 is 1.96 bits per heavy atom. The van der Waals surface area contributed by atoms with E-state index in [1.165, 1.54) is 18.2 Å². The van der Waals surface area contributed by atoms with Gasteiger partial charge in [0.05, 0.1) is 15.6 Å². The van der Waals surface area contributed by atoms with Gasteiger partial charge < -0.3 is 10.6 Å². The minimum atomic E-state index is -0.499. The molecule has 0 aliphatic carbocycles. The Kier molecular flexibility index (Phi) is 5.48. The van der Waals surface area contributed by atoms with Crippen LogP contribution < -0.4 is 10.6 Å². The number of anilines is 2. The lowest BCUT2D eigenvalue weighted by molar-refractivity contribution is -0.384. The van der Waals surface area contributed by atoms with Crippen molar-refractivity contribution >= 4 is 34.6 Å². The van der Waals surface area contributed by atoms with Crippen LogP contribution in [0.25, 0.3) is 0 Å². The monoisotopic (exact) mass is 337 g/mol. The van der Waals surface area contributed by atoms with E-state index in [4.69, 9.17) is 11.6 Å². The number of carbonyl (C=O) groups excluding carboxylic acids is 1. The molecule has 0 saturated heterocycles. The molecular formula is C15H13ClFN3O3. The van der Waals surface area contributed by atoms with Crippen LogP contribution in [0.1, 0.15) is 6.42 Å². The quantitative estimate of drug-likeness (QED) is 0.619. The van der Waals surface area contributed by atoms with E-state index >= 15 is 0 Å². The highest BCUT2D eigenvalue weighted by molar-refractivity contribution is 6.33. The van der Waals surface area contributed by atoms with Gasteiger partial charge in [0.15, 0.2) is 0 Å². The molecule has 0 fully saturated rings. The van der Waals surface area contributed by atoms with Gasteiger partial charge in [0.1, 0.15) is 11.5 Å². The molecule has 2 aromatic carbocycles. The highest BCUT2D eigenvalue weighted by atomic mass is 35.5. The van der Waals surface area contributed by atoms with E-state index in [2.05, 4.69) is 10.6 Å². The minimum Gasteiger partial charge on any atom is -0.379 e. The number of para-hydroxylation sites is 2. The van der Waals surface area contributed by atoms with Crippen LogP contribution in [0, 0.1) is 15.9 Å². The van der Waals surface area contributed by atoms with Gasteiger partial charge in [-0.3, -0.25) is 14.9 Å². The third-order valence-corrected chi connectivity index (χ3v) is 3.29. The molecule has 0 aliphatic heterocycles. The van der Waals surface area contributed by atoms with E-state index in [0.29, 0.717) is 11.4 Å². The molecule has 0 radical (unpaired) electrons. The summed E-state index contributed by atoms with van der Waals surface area (Å²) in [6.45, 7) is 0.204. The number of hydrogen-bond donors (Lipinski definition) is 2. The fourth-order valence-corrected chi connectivity index (χ4v) is 2.11. The van der Waals surface area contributed by atoms with Crippen molar-refractivity contribution in [3.8, 4) is 0 Å². The van der Waals surface area contributed by atoms with Crippen LogP contribution in [-0.4, -0.2) is 17.4 Å². The van der Waals surface area contributed by atoms with E-state index in [9.17, 15) is 19.3 Å². The number of hydrogen-bond acceptors (Lipinski definition) is 4. The third-order valence-electron chi connectivity index (χ3n) is 2.97. The number of amides is 1. The lowest BCUT2D eigenvalue weighted by Crippen LogP contribution is -2.16. The summed E-state index contributed by atoms with van der Waals surface area (Å²) in [5.41, 5.74) is 0.586. The molecule has 0 bridgehead atoms. The second kappa shape index (κ2) is 7.55. The van der Waals surface area contributed by atoms with E-state index in [1.807, 2.05) is 0 Å². The summed E-state index contributed by atoms with van der Waals surface area (Å²) in [7, 11) is 0. The molecule has 0 unspecified atom stereocenters. The molecule has 23 heavy (non-hydrogen) atoms. The lowest BCUT2D eigenvalue weighted by Gasteiger charge is -2.09. The van der Waals surface area contributed by atoms with Crippen LogP contribution in [0.5, 0.6) is 0 Å². The first kappa shape index (κ1) is 16.7. The first-order valence-corrected chi connectivity index (χ1v) is 7.07. The van der Waals surface area contributed by atoms with Gasteiger partial charge in [0, 0.05) is 19.0 Å². The largest absolute Gasteiger partial charge is 0.379 e. The summed E-state index contributed by atoms with van der Waals surface area (Å²) >= 11 is 5.81. The van der Waals surface area contributed by atoms with E-state index < -0.39 is 10.7 Å². The van der Waals surface area contributed by atoms with Gasteiger partial charge in [-0.2, -0.15) is 0 Å². The van der Waals surface area contributed by atoms with E-state index in [0.717, 1.165) is 6.07 Å². The zero-order valence-corrected chi connectivity index (χ0v) is 12.6. The van der Waals surface area contributed by atoms with Crippen molar-refractivity contribution in [1.82, 2.24) is 0 Å². The predicted molar refractivity (Wildman–Crippen MR) is 86.2 cm³/mol. The summed E-state index contributed by atoms with van der Waals surface area (Å²) in [6, 6.07) is 9.81. The first-order chi connectivity index (χ1) is 11.0. The zero-order valence-electron chi connectivity index (χ0n) is 11.9. The van der Waals surface area contributed by atoms with Crippen molar-refractivity contribution in [2.24, 2.45) is 0 Å². The number of carbonyl (C=O) groups is 1. The molecule has 0 heterocycles. The molecule has 1 amide bonds. The number of halogens is 2. The fraction of sp³-hybridized carbons (Fsp3) is 0.133. The predicted octanol–water partition coefficient (Wildman–Crippen LogP) is 3.83. The lowest BCUT2D eigenvalue weighted by atomic mass is 10.2. The Labute approximate surface area is 136 Å². The first-order valence-electron chi connectivity index (χ1n) is 6.69. The number of rotatable bonds is 6. The van der Waals surface area contributed by atoms with Crippen LogP contribution in [-0.2, 0) is 4.79 Å². The molecule has 6 nitrogen and oxygen atoms in total. The van der Waals surface area contributed by atoms with Gasteiger partial charge in [-0.05, 0) is 24.3 Å². The normalized spacial score (nSPS) is 10.2. The Morgan fingerprint density at radius 1 is 1.22 bits per heavy atom. The number of nitro benzene ring substituents is 1. The zero-order chi connectivity index (χ0) is 16.8. The van der Waals surface area contributed by atoms with Crippen molar-refractivity contribution in [3.05, 3.63) is 63.4 Å². The molecule has 0 atom stereocenters. The molecule has 0 aromatic heterocycles. The van der Waals surface area contributed by atoms with Gasteiger partial charge in [-0.15, -0.1) is 0 Å². The number of nitrogens with zero attached hydrogens (tertiary/aromatic N) is 1. The summed E-state index contributed by atoms with van der Waals surface area (Å²) in [4.78, 5) is 22.2. The molecule has 0 spiro atoms. The third kappa shape index (κ3) is 4.65. The SMILES string of the molecule is O=C(CCNc1ccccc1[N+](=O)[O-])Nc1ccc(F)cc1Cl. The Balaban J connectivity index is 1.89. The summed E-state index contributed by atoms with van der Waals surface area (Å²) in [5.74, 6) is -0.837. The molecule has 120 valence electrons. The number of nitrogens with one attached hydrogen (secondary N) is 2. The maximum absolute atomic E-state index is 12.9. The van der Waals surface area contributed by atoms with Gasteiger partial charge in [-0.25, -0.2) is 4.39 Å². The van der Waals surface area contributed by atoms with Crippen LogP contribution in [0.2, 0.25) is 5.02 Å². The molecule has 2 aromatic rings. The smallest absolute Gasteiger partial charge is 0.292 e. The summed E-state index contributed by atoms with van der Waals surface area (Å²) < 4.78 is 12.9. The van der Waals surface area contributed by atoms with Crippen LogP contribution in [0.15, 0.2) is 42.5 Å². The summed E-state index contributed by atoms with van der Waals surface area (Å²) in [5, 5.41) is 16.4. The Hall–Kier alpha value is -2.67. The van der Waals surface area contributed by atoms with Crippen molar-refractivity contribution < 1.29 is 14.1 Å². The summed E-state index contributed by atoms with van der Waals surface area (Å²) in [6.07, 6.45) is 0.0692. The maximum atomic E-state index is 12.9. The minimum absolute atomic E-state index is 0.0607. The molecule has 2 rings (SSSR count). The maximum Gasteiger partial charge on any atom is 0.292 e. The second-order valence-electron chi connectivity index (χ2n) is 4.62. The van der Waals surface area contributed by atoms with E-state index in [1.54, 1.807) is 18.2 Å². The molecular weight excluding hydrogens is 325 g/mol. The van der Waals surface area contributed by atoms with Gasteiger partial charge in [0.25, 0.3) is 5.69 Å². The molecule has 8 heteroatoms. The number of nitro groups is 1. The van der Waals surface area contributed by atoms with Crippen LogP contribution in [0.3, 0.4) is 0 Å². The van der Waals surface area contributed by atoms with Crippen LogP contribution >= 0.6 is 11.6 Å². The average molecular weight is 338 g/mol. The molecule has 2 N–H and O–H groups in total. The van der Waals surface area contributed by atoms with Gasteiger partial charge >= 0.3 is 0 Å². The second-order valence-corrected chi connectivity index (χ2v) is 5.03. The van der Waals surface area contributed by atoms with E-state index in [-0.39, 0.29) is 29.6 Å². The van der Waals surface area contributed by atoms with Gasteiger partial charge in [-0.1, -0.05) is 23.7 Å². The van der Waals surface area contributed by atoms with Crippen LogP contribution in [0.4, 0.5) is 21.5 Å². The Morgan fingerprint density at radius 3 is 2.65 bits per heavy atom. The van der Waals surface area contributed by atoms with Gasteiger partial charge in [0.2, 0.25) is 5.91 Å². The van der Waals surface area contributed by atoms with Crippen molar-refractivity contribution in [3.63, 3.8) is 0 Å². The van der Waals surface area contributed by atoms with Crippen molar-refractivity contribution in [2.75, 3.05) is 17.2 Å². The standard InChI is InChI=1S/C15H13ClFN3O3/c16-11-9-10(17)5-6-12(11)19-15(21)7-8-18-13-3-1-2-4-14(13)20(22)23/h1-6,9,18H,7-8H2,(H,19,21). The van der Waals surface area contributed by atoms with Crippen molar-refractivity contribution in [2.45, 2.75) is 6.42 Å². The fourth-order valence-electron chi connectivity index (χ4n) is 1.90. The topological polar surface area (TPSA) is 84.3 Å². The molecule has 0 aliphatic rings.